The van der Waals surface area contributed by atoms with Gasteiger partial charge in [0.05, 0.1) is 0 Å². The smallest absolute Gasteiger partial charge is 0.172 e. The van der Waals surface area contributed by atoms with Crippen LogP contribution in [0.5, 0.6) is 0 Å². The van der Waals surface area contributed by atoms with Gasteiger partial charge >= 0.3 is 0 Å². The van der Waals surface area contributed by atoms with Crippen LogP contribution in [-0.2, 0) is 4.79 Å². The molecule has 1 aromatic rings. The Morgan fingerprint density at radius 2 is 1.92 bits per heavy atom. The molecule has 0 aliphatic rings. The molecule has 0 heterocycles. The molecule has 0 unspecified atom stereocenters. The number of hydrogen-bond acceptors (Lipinski definition) is 3. The summed E-state index contributed by atoms with van der Waals surface area (Å²) in [5, 5.41) is 2.64. The number of hydrogen-bond donors (Lipinski definition) is 0. The Morgan fingerprint density at radius 3 is 2.38 bits per heavy atom. The Labute approximate surface area is 76.1 Å². The normalized spacial score (nSPS) is 11.8. The van der Waals surface area contributed by atoms with E-state index in [0.717, 1.165) is 5.56 Å². The van der Waals surface area contributed by atoms with E-state index in [4.69, 9.17) is 0 Å². The molecule has 0 saturated heterocycles. The SMILES string of the molecule is CC(=C(C=O)N=O)c1ccccc1. The molecule has 0 radical (unpaired) electrons. The van der Waals surface area contributed by atoms with Crippen molar-refractivity contribution >= 4 is 11.9 Å². The molecule has 0 saturated carbocycles. The lowest BCUT2D eigenvalue weighted by Crippen LogP contribution is -1.86. The van der Waals surface area contributed by atoms with Gasteiger partial charge in [-0.1, -0.05) is 30.3 Å². The Balaban J connectivity index is 3.15. The first-order valence-corrected chi connectivity index (χ1v) is 3.84. The maximum atomic E-state index is 10.4. The fourth-order valence-corrected chi connectivity index (χ4v) is 1.01. The standard InChI is InChI=1S/C10H9NO2/c1-8(10(7-12)11-13)9-5-3-2-4-6-9/h2-7H,1H3. The zero-order valence-electron chi connectivity index (χ0n) is 7.23. The van der Waals surface area contributed by atoms with Crippen LogP contribution in [0.25, 0.3) is 5.57 Å². The predicted octanol–water partition coefficient (Wildman–Crippen LogP) is 2.38. The van der Waals surface area contributed by atoms with Crippen LogP contribution < -0.4 is 0 Å². The highest BCUT2D eigenvalue weighted by Gasteiger charge is 2.02. The van der Waals surface area contributed by atoms with E-state index in [1.54, 1.807) is 6.92 Å². The molecule has 3 heteroatoms. The summed E-state index contributed by atoms with van der Waals surface area (Å²) in [4.78, 5) is 20.6. The fourth-order valence-electron chi connectivity index (χ4n) is 1.01. The first-order chi connectivity index (χ1) is 6.29. The lowest BCUT2D eigenvalue weighted by molar-refractivity contribution is -0.104. The van der Waals surface area contributed by atoms with Gasteiger partial charge in [-0.3, -0.25) is 4.79 Å². The second kappa shape index (κ2) is 4.30. The minimum absolute atomic E-state index is 0.0498. The highest BCUT2D eigenvalue weighted by atomic mass is 16.3. The quantitative estimate of drug-likeness (QED) is 0.402. The van der Waals surface area contributed by atoms with Gasteiger partial charge < -0.3 is 0 Å². The van der Waals surface area contributed by atoms with E-state index in [9.17, 15) is 9.70 Å². The second-order valence-corrected chi connectivity index (χ2v) is 2.59. The van der Waals surface area contributed by atoms with Gasteiger partial charge in [0.1, 0.15) is 0 Å². The third-order valence-electron chi connectivity index (χ3n) is 1.80. The molecule has 0 N–H and O–H groups in total. The number of carbonyl (C=O) groups is 1. The van der Waals surface area contributed by atoms with E-state index in [0.29, 0.717) is 11.9 Å². The van der Waals surface area contributed by atoms with Gasteiger partial charge in [0, 0.05) is 0 Å². The molecule has 13 heavy (non-hydrogen) atoms. The van der Waals surface area contributed by atoms with Crippen LogP contribution in [-0.4, -0.2) is 6.29 Å². The monoisotopic (exact) mass is 175 g/mol. The average Bonchev–Trinajstić information content (AvgIpc) is 2.21. The highest BCUT2D eigenvalue weighted by Crippen LogP contribution is 2.16. The summed E-state index contributed by atoms with van der Waals surface area (Å²) in [6, 6.07) is 9.19. The maximum absolute atomic E-state index is 10.4. The first-order valence-electron chi connectivity index (χ1n) is 3.84. The molecule has 1 aromatic carbocycles. The molecular formula is C10H9NO2. The Hall–Kier alpha value is -1.77. The van der Waals surface area contributed by atoms with Gasteiger partial charge in [-0.05, 0) is 23.2 Å². The molecule has 1 rings (SSSR count). The van der Waals surface area contributed by atoms with E-state index in [1.807, 2.05) is 30.3 Å². The molecule has 0 amide bonds. The molecule has 3 nitrogen and oxygen atoms in total. The highest BCUT2D eigenvalue weighted by molar-refractivity contribution is 5.86. The summed E-state index contributed by atoms with van der Waals surface area (Å²) < 4.78 is 0. The number of allylic oxidation sites excluding steroid dienone is 2. The number of nitrogens with zero attached hydrogens (tertiary/aromatic N) is 1. The van der Waals surface area contributed by atoms with Gasteiger partial charge in [-0.2, -0.15) is 0 Å². The van der Waals surface area contributed by atoms with Crippen LogP contribution in [0.4, 0.5) is 0 Å². The molecule has 0 aromatic heterocycles. The van der Waals surface area contributed by atoms with E-state index >= 15 is 0 Å². The van der Waals surface area contributed by atoms with Crippen LogP contribution >= 0.6 is 0 Å². The number of rotatable bonds is 3. The van der Waals surface area contributed by atoms with Crippen molar-refractivity contribution in [1.29, 1.82) is 0 Å². The van der Waals surface area contributed by atoms with Crippen LogP contribution in [0, 0.1) is 4.91 Å². The minimum Gasteiger partial charge on any atom is -0.296 e. The summed E-state index contributed by atoms with van der Waals surface area (Å²) in [6.07, 6.45) is 0.468. The van der Waals surface area contributed by atoms with Crippen molar-refractivity contribution in [2.75, 3.05) is 0 Å². The zero-order valence-corrected chi connectivity index (χ0v) is 7.23. The Bertz CT molecular complexity index is 331. The van der Waals surface area contributed by atoms with Gasteiger partial charge in [-0.15, -0.1) is 4.91 Å². The van der Waals surface area contributed by atoms with Crippen molar-refractivity contribution in [2.24, 2.45) is 5.18 Å². The van der Waals surface area contributed by atoms with E-state index in [-0.39, 0.29) is 5.70 Å². The Kier molecular flexibility index (Phi) is 3.09. The number of benzene rings is 1. The lowest BCUT2D eigenvalue weighted by atomic mass is 10.1. The molecule has 0 bridgehead atoms. The van der Waals surface area contributed by atoms with Crippen molar-refractivity contribution in [3.05, 3.63) is 46.5 Å². The second-order valence-electron chi connectivity index (χ2n) is 2.59. The average molecular weight is 175 g/mol. The molecule has 0 fully saturated rings. The van der Waals surface area contributed by atoms with Crippen molar-refractivity contribution < 1.29 is 4.79 Å². The minimum atomic E-state index is -0.0498. The third kappa shape index (κ3) is 2.08. The van der Waals surface area contributed by atoms with Crippen molar-refractivity contribution in [3.8, 4) is 0 Å². The van der Waals surface area contributed by atoms with Crippen molar-refractivity contribution in [3.63, 3.8) is 0 Å². The van der Waals surface area contributed by atoms with Gasteiger partial charge in [0.25, 0.3) is 0 Å². The summed E-state index contributed by atoms with van der Waals surface area (Å²) in [5.74, 6) is 0. The van der Waals surface area contributed by atoms with Crippen LogP contribution in [0.15, 0.2) is 41.2 Å². The largest absolute Gasteiger partial charge is 0.296 e. The van der Waals surface area contributed by atoms with Crippen molar-refractivity contribution in [1.82, 2.24) is 0 Å². The van der Waals surface area contributed by atoms with E-state index in [2.05, 4.69) is 5.18 Å². The summed E-state index contributed by atoms with van der Waals surface area (Å²) in [6.45, 7) is 1.69. The zero-order chi connectivity index (χ0) is 9.68. The Morgan fingerprint density at radius 1 is 1.31 bits per heavy atom. The number of carbonyl (C=O) groups excluding carboxylic acids is 1. The molecule has 0 atom stereocenters. The van der Waals surface area contributed by atoms with Gasteiger partial charge in [0.15, 0.2) is 12.0 Å². The molecule has 0 spiro atoms. The van der Waals surface area contributed by atoms with Crippen LogP contribution in [0.1, 0.15) is 12.5 Å². The van der Waals surface area contributed by atoms with Gasteiger partial charge in [-0.25, -0.2) is 0 Å². The summed E-state index contributed by atoms with van der Waals surface area (Å²) >= 11 is 0. The van der Waals surface area contributed by atoms with Gasteiger partial charge in [0.2, 0.25) is 0 Å². The first kappa shape index (κ1) is 9.32. The van der Waals surface area contributed by atoms with E-state index in [1.165, 1.54) is 0 Å². The molecule has 66 valence electrons. The number of aldehydes is 1. The van der Waals surface area contributed by atoms with E-state index < -0.39 is 0 Å². The van der Waals surface area contributed by atoms with Crippen LogP contribution in [0.2, 0.25) is 0 Å². The fraction of sp³-hybridized carbons (Fsp3) is 0.100. The summed E-state index contributed by atoms with van der Waals surface area (Å²) in [7, 11) is 0. The summed E-state index contributed by atoms with van der Waals surface area (Å²) in [5.41, 5.74) is 1.39. The molecular weight excluding hydrogens is 166 g/mol. The maximum Gasteiger partial charge on any atom is 0.172 e. The lowest BCUT2D eigenvalue weighted by Gasteiger charge is -1.99. The molecule has 0 aliphatic heterocycles. The van der Waals surface area contributed by atoms with Crippen LogP contribution in [0.3, 0.4) is 0 Å². The predicted molar refractivity (Wildman–Crippen MR) is 50.9 cm³/mol. The number of nitroso groups, excluding NO2 is 1. The van der Waals surface area contributed by atoms with Crippen molar-refractivity contribution in [2.45, 2.75) is 6.92 Å². The third-order valence-corrected chi connectivity index (χ3v) is 1.80. The topological polar surface area (TPSA) is 46.5 Å². The molecule has 0 aliphatic carbocycles.